The summed E-state index contributed by atoms with van der Waals surface area (Å²) in [6, 6.07) is 0. The van der Waals surface area contributed by atoms with Gasteiger partial charge in [0.15, 0.2) is 0 Å². The average Bonchev–Trinajstić information content (AvgIpc) is 2.15. The van der Waals surface area contributed by atoms with Gasteiger partial charge in [-0.15, -0.1) is 0 Å². The first kappa shape index (κ1) is 7.03. The van der Waals surface area contributed by atoms with Gasteiger partial charge in [0.25, 0.3) is 0 Å². The molecule has 1 aliphatic rings. The molecule has 0 spiro atoms. The quantitative estimate of drug-likeness (QED) is 0.536. The van der Waals surface area contributed by atoms with E-state index in [2.05, 4.69) is 6.92 Å². The van der Waals surface area contributed by atoms with Crippen LogP contribution in [0, 0.1) is 11.8 Å². The number of aliphatic hydroxyl groups excluding tert-OH is 1. The largest absolute Gasteiger partial charge is 0.393 e. The molecule has 1 saturated carbocycles. The Kier molecular flexibility index (Phi) is 2.09. The highest BCUT2D eigenvalue weighted by Crippen LogP contribution is 2.30. The van der Waals surface area contributed by atoms with Crippen molar-refractivity contribution in [2.45, 2.75) is 25.9 Å². The molecule has 1 rings (SSSR count). The molecule has 3 atom stereocenters. The maximum Gasteiger partial charge on any atom is 0.0569 e. The predicted octanol–water partition coefficient (Wildman–Crippen LogP) is 0.352. The van der Waals surface area contributed by atoms with E-state index in [9.17, 15) is 5.11 Å². The molecule has 1 fully saturated rings. The normalized spacial score (nSPS) is 43.7. The van der Waals surface area contributed by atoms with E-state index < -0.39 is 0 Å². The fraction of sp³-hybridized carbons (Fsp3) is 1.00. The maximum absolute atomic E-state index is 9.24. The van der Waals surface area contributed by atoms with Crippen molar-refractivity contribution in [3.63, 3.8) is 0 Å². The molecule has 0 aromatic carbocycles. The standard InChI is InChI=1S/C7H15NO/c1-5-6(4-8)2-3-7(5)9/h5-7,9H,2-4,8H2,1H3/t5-,6-,7-/m0/s1. The van der Waals surface area contributed by atoms with Gasteiger partial charge >= 0.3 is 0 Å². The summed E-state index contributed by atoms with van der Waals surface area (Å²) in [5, 5.41) is 9.24. The van der Waals surface area contributed by atoms with Crippen LogP contribution in [0.15, 0.2) is 0 Å². The van der Waals surface area contributed by atoms with Crippen LogP contribution in [0.3, 0.4) is 0 Å². The molecule has 0 bridgehead atoms. The van der Waals surface area contributed by atoms with Crippen LogP contribution in [0.5, 0.6) is 0 Å². The van der Waals surface area contributed by atoms with E-state index >= 15 is 0 Å². The van der Waals surface area contributed by atoms with Gasteiger partial charge in [0.2, 0.25) is 0 Å². The van der Waals surface area contributed by atoms with Gasteiger partial charge in [-0.05, 0) is 31.2 Å². The summed E-state index contributed by atoms with van der Waals surface area (Å²) in [5.41, 5.74) is 5.48. The maximum atomic E-state index is 9.24. The third-order valence-corrected chi connectivity index (χ3v) is 2.49. The SMILES string of the molecule is C[C@H]1[C@H](CN)CC[C@@H]1O. The molecule has 1 aliphatic carbocycles. The van der Waals surface area contributed by atoms with Crippen molar-refractivity contribution in [3.05, 3.63) is 0 Å². The molecule has 0 aliphatic heterocycles. The monoisotopic (exact) mass is 129 g/mol. The molecule has 3 N–H and O–H groups in total. The molecule has 0 aromatic heterocycles. The summed E-state index contributed by atoms with van der Waals surface area (Å²) < 4.78 is 0. The summed E-state index contributed by atoms with van der Waals surface area (Å²) in [4.78, 5) is 0. The van der Waals surface area contributed by atoms with Crippen molar-refractivity contribution >= 4 is 0 Å². The molecule has 9 heavy (non-hydrogen) atoms. The van der Waals surface area contributed by atoms with Crippen molar-refractivity contribution in [2.24, 2.45) is 17.6 Å². The van der Waals surface area contributed by atoms with Crippen LogP contribution < -0.4 is 5.73 Å². The predicted molar refractivity (Wildman–Crippen MR) is 36.9 cm³/mol. The number of hydrogen-bond acceptors (Lipinski definition) is 2. The molecule has 2 heteroatoms. The van der Waals surface area contributed by atoms with Gasteiger partial charge < -0.3 is 10.8 Å². The molecule has 0 unspecified atom stereocenters. The third-order valence-electron chi connectivity index (χ3n) is 2.49. The Morgan fingerprint density at radius 3 is 2.44 bits per heavy atom. The fourth-order valence-electron chi connectivity index (χ4n) is 1.56. The fourth-order valence-corrected chi connectivity index (χ4v) is 1.56. The minimum Gasteiger partial charge on any atom is -0.393 e. The molecule has 2 nitrogen and oxygen atoms in total. The topological polar surface area (TPSA) is 46.2 Å². The summed E-state index contributed by atoms with van der Waals surface area (Å²) in [6.07, 6.45) is 1.97. The van der Waals surface area contributed by atoms with E-state index in [1.807, 2.05) is 0 Å². The van der Waals surface area contributed by atoms with E-state index in [1.165, 1.54) is 0 Å². The van der Waals surface area contributed by atoms with Crippen LogP contribution in [0.2, 0.25) is 0 Å². The molecular weight excluding hydrogens is 114 g/mol. The van der Waals surface area contributed by atoms with Crippen LogP contribution in [0.4, 0.5) is 0 Å². The van der Waals surface area contributed by atoms with E-state index in [4.69, 9.17) is 5.73 Å². The van der Waals surface area contributed by atoms with E-state index in [0.717, 1.165) is 19.4 Å². The number of aliphatic hydroxyl groups is 1. The van der Waals surface area contributed by atoms with Crippen LogP contribution in [0.1, 0.15) is 19.8 Å². The summed E-state index contributed by atoms with van der Waals surface area (Å²) in [5.74, 6) is 0.995. The van der Waals surface area contributed by atoms with Gasteiger partial charge in [0, 0.05) is 0 Å². The molecule has 0 saturated heterocycles. The third kappa shape index (κ3) is 1.25. The van der Waals surface area contributed by atoms with Crippen molar-refractivity contribution in [3.8, 4) is 0 Å². The van der Waals surface area contributed by atoms with Crippen LogP contribution in [-0.2, 0) is 0 Å². The first-order valence-corrected chi connectivity index (χ1v) is 3.64. The van der Waals surface area contributed by atoms with Crippen molar-refractivity contribution in [2.75, 3.05) is 6.54 Å². The van der Waals surface area contributed by atoms with Gasteiger partial charge in [-0.2, -0.15) is 0 Å². The van der Waals surface area contributed by atoms with E-state index in [1.54, 1.807) is 0 Å². The number of rotatable bonds is 1. The van der Waals surface area contributed by atoms with Crippen molar-refractivity contribution in [1.82, 2.24) is 0 Å². The Morgan fingerprint density at radius 2 is 2.22 bits per heavy atom. The van der Waals surface area contributed by atoms with Crippen molar-refractivity contribution < 1.29 is 5.11 Å². The molecule has 54 valence electrons. The average molecular weight is 129 g/mol. The lowest BCUT2D eigenvalue weighted by Crippen LogP contribution is -2.21. The minimum absolute atomic E-state index is 0.0847. The number of nitrogens with two attached hydrogens (primary N) is 1. The zero-order valence-electron chi connectivity index (χ0n) is 5.88. The first-order chi connectivity index (χ1) is 4.25. The zero-order chi connectivity index (χ0) is 6.85. The van der Waals surface area contributed by atoms with Gasteiger partial charge in [-0.1, -0.05) is 6.92 Å². The van der Waals surface area contributed by atoms with Crippen LogP contribution in [-0.4, -0.2) is 17.8 Å². The molecule has 0 heterocycles. The first-order valence-electron chi connectivity index (χ1n) is 3.64. The lowest BCUT2D eigenvalue weighted by molar-refractivity contribution is 0.128. The highest BCUT2D eigenvalue weighted by atomic mass is 16.3. The smallest absolute Gasteiger partial charge is 0.0569 e. The minimum atomic E-state index is -0.0847. The Balaban J connectivity index is 2.41. The van der Waals surface area contributed by atoms with Gasteiger partial charge in [-0.25, -0.2) is 0 Å². The second kappa shape index (κ2) is 2.67. The lowest BCUT2D eigenvalue weighted by Gasteiger charge is -2.14. The highest BCUT2D eigenvalue weighted by Gasteiger charge is 2.29. The summed E-state index contributed by atoms with van der Waals surface area (Å²) in [7, 11) is 0. The van der Waals surface area contributed by atoms with Gasteiger partial charge in [0.1, 0.15) is 0 Å². The van der Waals surface area contributed by atoms with E-state index in [0.29, 0.717) is 11.8 Å². The Bertz CT molecular complexity index is 94.9. The summed E-state index contributed by atoms with van der Waals surface area (Å²) in [6.45, 7) is 2.81. The summed E-state index contributed by atoms with van der Waals surface area (Å²) >= 11 is 0. The highest BCUT2D eigenvalue weighted by molar-refractivity contribution is 4.81. The molecule has 0 amide bonds. The lowest BCUT2D eigenvalue weighted by atomic mass is 9.97. The van der Waals surface area contributed by atoms with Gasteiger partial charge in [0.05, 0.1) is 6.10 Å². The Labute approximate surface area is 56.1 Å². The van der Waals surface area contributed by atoms with Gasteiger partial charge in [-0.3, -0.25) is 0 Å². The van der Waals surface area contributed by atoms with Crippen LogP contribution in [0.25, 0.3) is 0 Å². The van der Waals surface area contributed by atoms with E-state index in [-0.39, 0.29) is 6.10 Å². The second-order valence-electron chi connectivity index (χ2n) is 3.00. The molecule has 0 radical (unpaired) electrons. The molecular formula is C7H15NO. The molecule has 0 aromatic rings. The Morgan fingerprint density at radius 1 is 1.56 bits per heavy atom. The zero-order valence-corrected chi connectivity index (χ0v) is 5.88. The van der Waals surface area contributed by atoms with Crippen LogP contribution >= 0.6 is 0 Å². The Hall–Kier alpha value is -0.0800. The second-order valence-corrected chi connectivity index (χ2v) is 3.00. The van der Waals surface area contributed by atoms with Crippen molar-refractivity contribution in [1.29, 1.82) is 0 Å². The number of hydrogen-bond donors (Lipinski definition) is 2.